The molecule has 0 spiro atoms. The van der Waals surface area contributed by atoms with Crippen molar-refractivity contribution in [2.75, 3.05) is 0 Å². The summed E-state index contributed by atoms with van der Waals surface area (Å²) in [4.78, 5) is 0. The molecular weight excluding hydrogens is 357 g/mol. The zero-order valence-electron chi connectivity index (χ0n) is 18.0. The van der Waals surface area contributed by atoms with Crippen LogP contribution in [0.3, 0.4) is 0 Å². The molecule has 0 saturated heterocycles. The van der Waals surface area contributed by atoms with E-state index < -0.39 is 0 Å². The molecule has 3 rings (SSSR count). The van der Waals surface area contributed by atoms with E-state index in [-0.39, 0.29) is 5.82 Å². The van der Waals surface area contributed by atoms with Crippen LogP contribution >= 0.6 is 0 Å². The predicted molar refractivity (Wildman–Crippen MR) is 119 cm³/mol. The molecule has 2 heteroatoms. The van der Waals surface area contributed by atoms with Crippen LogP contribution in [-0.2, 0) is 0 Å². The summed E-state index contributed by atoms with van der Waals surface area (Å²) in [5.41, 5.74) is 1.33. The second-order valence-corrected chi connectivity index (χ2v) is 9.55. The van der Waals surface area contributed by atoms with Crippen LogP contribution in [0, 0.1) is 34.9 Å². The van der Waals surface area contributed by atoms with Crippen LogP contribution in [0.1, 0.15) is 101 Å². The van der Waals surface area contributed by atoms with Crippen LogP contribution in [0.15, 0.2) is 36.4 Å². The van der Waals surface area contributed by atoms with E-state index in [4.69, 9.17) is 5.26 Å². The maximum absolute atomic E-state index is 13.1. The molecule has 158 valence electrons. The van der Waals surface area contributed by atoms with Gasteiger partial charge in [-0.25, -0.2) is 4.39 Å². The number of benzene rings is 1. The third-order valence-corrected chi connectivity index (χ3v) is 7.56. The van der Waals surface area contributed by atoms with Crippen molar-refractivity contribution in [3.05, 3.63) is 47.8 Å². The lowest BCUT2D eigenvalue weighted by Crippen LogP contribution is -2.15. The molecule has 0 radical (unpaired) electrons. The average Bonchev–Trinajstić information content (AvgIpc) is 2.76. The van der Waals surface area contributed by atoms with Gasteiger partial charge in [0.1, 0.15) is 5.82 Å². The Morgan fingerprint density at radius 3 is 1.86 bits per heavy atom. The van der Waals surface area contributed by atoms with E-state index in [1.165, 1.54) is 89.0 Å². The standard InChI is InChI=1S/C27H38FN/c28-27-19-17-26(18-20-27)25-15-13-24(14-16-25)8-4-3-7-23-11-9-22(10-12-23)6-2-1-5-21-29/h1,5,17-20,22-25H,2-4,6-16H2/b5-1+. The van der Waals surface area contributed by atoms with E-state index in [0.29, 0.717) is 5.92 Å². The van der Waals surface area contributed by atoms with Gasteiger partial charge in [0.2, 0.25) is 0 Å². The number of rotatable bonds is 9. The molecule has 2 saturated carbocycles. The fourth-order valence-corrected chi connectivity index (χ4v) is 5.66. The normalized spacial score (nSPS) is 27.7. The van der Waals surface area contributed by atoms with E-state index in [1.54, 1.807) is 18.2 Å². The van der Waals surface area contributed by atoms with Crippen molar-refractivity contribution in [2.45, 2.75) is 95.8 Å². The summed E-state index contributed by atoms with van der Waals surface area (Å²) >= 11 is 0. The van der Waals surface area contributed by atoms with Crippen molar-refractivity contribution in [2.24, 2.45) is 17.8 Å². The summed E-state index contributed by atoms with van der Waals surface area (Å²) in [5.74, 6) is 3.31. The van der Waals surface area contributed by atoms with Gasteiger partial charge in [0.05, 0.1) is 6.07 Å². The summed E-state index contributed by atoms with van der Waals surface area (Å²) in [7, 11) is 0. The van der Waals surface area contributed by atoms with Crippen LogP contribution in [0.5, 0.6) is 0 Å². The lowest BCUT2D eigenvalue weighted by Gasteiger charge is -2.30. The second kappa shape index (κ2) is 12.2. The summed E-state index contributed by atoms with van der Waals surface area (Å²) in [6.07, 6.45) is 22.6. The van der Waals surface area contributed by atoms with Crippen molar-refractivity contribution < 1.29 is 4.39 Å². The highest BCUT2D eigenvalue weighted by Gasteiger charge is 2.23. The molecule has 1 aromatic carbocycles. The first-order valence-electron chi connectivity index (χ1n) is 12.0. The molecule has 0 aliphatic heterocycles. The van der Waals surface area contributed by atoms with Crippen molar-refractivity contribution in [3.63, 3.8) is 0 Å². The average molecular weight is 396 g/mol. The van der Waals surface area contributed by atoms with Gasteiger partial charge in [0.15, 0.2) is 0 Å². The molecule has 2 aliphatic rings. The third kappa shape index (κ3) is 7.61. The lowest BCUT2D eigenvalue weighted by molar-refractivity contribution is 0.244. The number of nitriles is 1. The van der Waals surface area contributed by atoms with E-state index in [9.17, 15) is 4.39 Å². The lowest BCUT2D eigenvalue weighted by atomic mass is 9.76. The Kier molecular flexibility index (Phi) is 9.26. The summed E-state index contributed by atoms with van der Waals surface area (Å²) < 4.78 is 13.1. The smallest absolute Gasteiger partial charge is 0.123 e. The highest BCUT2D eigenvalue weighted by atomic mass is 19.1. The molecule has 0 bridgehead atoms. The first-order valence-corrected chi connectivity index (χ1v) is 12.0. The number of hydrogen-bond acceptors (Lipinski definition) is 1. The monoisotopic (exact) mass is 395 g/mol. The van der Waals surface area contributed by atoms with Gasteiger partial charge in [-0.1, -0.05) is 69.6 Å². The Bertz CT molecular complexity index is 640. The van der Waals surface area contributed by atoms with Gasteiger partial charge in [-0.15, -0.1) is 0 Å². The van der Waals surface area contributed by atoms with Gasteiger partial charge in [0.25, 0.3) is 0 Å². The highest BCUT2D eigenvalue weighted by molar-refractivity contribution is 5.20. The number of unbranched alkanes of at least 4 members (excludes halogenated alkanes) is 1. The molecule has 1 aromatic rings. The summed E-state index contributed by atoms with van der Waals surface area (Å²) in [6, 6.07) is 9.28. The maximum atomic E-state index is 13.1. The van der Waals surface area contributed by atoms with Crippen molar-refractivity contribution >= 4 is 0 Å². The van der Waals surface area contributed by atoms with E-state index >= 15 is 0 Å². The number of hydrogen-bond donors (Lipinski definition) is 0. The van der Waals surface area contributed by atoms with Gasteiger partial charge in [-0.05, 0) is 79.9 Å². The molecule has 0 amide bonds. The largest absolute Gasteiger partial charge is 0.207 e. The Labute approximate surface area is 177 Å². The predicted octanol–water partition coefficient (Wildman–Crippen LogP) is 8.33. The molecule has 2 aliphatic carbocycles. The van der Waals surface area contributed by atoms with E-state index in [0.717, 1.165) is 24.2 Å². The minimum atomic E-state index is -0.122. The summed E-state index contributed by atoms with van der Waals surface area (Å²) in [6.45, 7) is 0. The zero-order chi connectivity index (χ0) is 20.3. The van der Waals surface area contributed by atoms with Crippen LogP contribution in [0.4, 0.5) is 4.39 Å². The van der Waals surface area contributed by atoms with Gasteiger partial charge in [0, 0.05) is 6.08 Å². The van der Waals surface area contributed by atoms with Gasteiger partial charge in [-0.3, -0.25) is 0 Å². The van der Waals surface area contributed by atoms with Gasteiger partial charge < -0.3 is 0 Å². The topological polar surface area (TPSA) is 23.8 Å². The third-order valence-electron chi connectivity index (χ3n) is 7.56. The fraction of sp³-hybridized carbons (Fsp3) is 0.667. The Morgan fingerprint density at radius 1 is 0.793 bits per heavy atom. The minimum Gasteiger partial charge on any atom is -0.207 e. The number of allylic oxidation sites excluding steroid dienone is 2. The fourth-order valence-electron chi connectivity index (χ4n) is 5.66. The van der Waals surface area contributed by atoms with Gasteiger partial charge in [-0.2, -0.15) is 5.26 Å². The van der Waals surface area contributed by atoms with Crippen molar-refractivity contribution in [1.82, 2.24) is 0 Å². The highest BCUT2D eigenvalue weighted by Crippen LogP contribution is 2.38. The molecule has 2 fully saturated rings. The van der Waals surface area contributed by atoms with Crippen molar-refractivity contribution in [3.8, 4) is 6.07 Å². The second-order valence-electron chi connectivity index (χ2n) is 9.55. The molecule has 29 heavy (non-hydrogen) atoms. The first-order chi connectivity index (χ1) is 14.2. The van der Waals surface area contributed by atoms with E-state index in [2.05, 4.69) is 6.07 Å². The molecule has 0 aromatic heterocycles. The van der Waals surface area contributed by atoms with Crippen molar-refractivity contribution in [1.29, 1.82) is 5.26 Å². The zero-order valence-corrected chi connectivity index (χ0v) is 18.0. The summed E-state index contributed by atoms with van der Waals surface area (Å²) in [5, 5.41) is 8.54. The van der Waals surface area contributed by atoms with Crippen LogP contribution < -0.4 is 0 Å². The van der Waals surface area contributed by atoms with Crippen LogP contribution in [-0.4, -0.2) is 0 Å². The Hall–Kier alpha value is -1.62. The molecule has 0 N–H and O–H groups in total. The minimum absolute atomic E-state index is 0.122. The molecule has 0 unspecified atom stereocenters. The van der Waals surface area contributed by atoms with Crippen LogP contribution in [0.2, 0.25) is 0 Å². The number of halogens is 1. The quantitative estimate of drug-likeness (QED) is 0.304. The molecule has 0 atom stereocenters. The van der Waals surface area contributed by atoms with E-state index in [1.807, 2.05) is 18.2 Å². The maximum Gasteiger partial charge on any atom is 0.123 e. The van der Waals surface area contributed by atoms with Gasteiger partial charge >= 0.3 is 0 Å². The Balaban J connectivity index is 1.22. The molecule has 0 heterocycles. The number of nitrogens with zero attached hydrogens (tertiary/aromatic N) is 1. The molecule has 1 nitrogen and oxygen atoms in total. The molecular formula is C27H38FN. The van der Waals surface area contributed by atoms with Crippen LogP contribution in [0.25, 0.3) is 0 Å². The Morgan fingerprint density at radius 2 is 1.31 bits per heavy atom. The first kappa shape index (κ1) is 22.1. The SMILES string of the molecule is N#C/C=C/CCC1CCC(CCCCC2CCC(c3ccc(F)cc3)CC2)CC1.